The quantitative estimate of drug-likeness (QED) is 0.162. The van der Waals surface area contributed by atoms with E-state index in [1.807, 2.05) is 11.3 Å². The molecule has 0 bridgehead atoms. The van der Waals surface area contributed by atoms with Crippen LogP contribution in [0.25, 0.3) is 91.5 Å². The van der Waals surface area contributed by atoms with Crippen LogP contribution in [-0.2, 0) is 0 Å². The maximum absolute atomic E-state index is 2.45. The largest absolute Gasteiger partial charge is 0.310 e. The van der Waals surface area contributed by atoms with Crippen LogP contribution in [0.5, 0.6) is 0 Å². The summed E-state index contributed by atoms with van der Waals surface area (Å²) in [5.74, 6) is 0. The van der Waals surface area contributed by atoms with E-state index in [2.05, 4.69) is 230 Å². The fourth-order valence-electron chi connectivity index (χ4n) is 9.81. The first kappa shape index (κ1) is 36.4. The van der Waals surface area contributed by atoms with Crippen molar-refractivity contribution in [2.45, 2.75) is 20.8 Å². The van der Waals surface area contributed by atoms with Crippen molar-refractivity contribution in [3.63, 3.8) is 0 Å². The van der Waals surface area contributed by atoms with Gasteiger partial charge < -0.3 is 9.47 Å². The molecule has 0 spiro atoms. The van der Waals surface area contributed by atoms with Crippen LogP contribution in [0.15, 0.2) is 200 Å². The topological polar surface area (TPSA) is 8.17 Å². The minimum Gasteiger partial charge on any atom is -0.310 e. The Bertz CT molecular complexity index is 3700. The SMILES string of the molecule is Cc1ccc(N(c2cc(C)cc(C)c2)c2cc(-c3ccc4c5cc6ccccc6cc5n(-c5ccccc5)c4c3)cc(-c3cc4c5ccccc5sc4c4ccccc34)c2)cc1. The van der Waals surface area contributed by atoms with E-state index in [9.17, 15) is 0 Å². The maximum atomic E-state index is 2.45. The van der Waals surface area contributed by atoms with Crippen LogP contribution >= 0.6 is 11.3 Å². The molecule has 2 aromatic heterocycles. The van der Waals surface area contributed by atoms with Crippen molar-refractivity contribution in [2.75, 3.05) is 4.90 Å². The molecule has 2 heterocycles. The second-order valence-electron chi connectivity index (χ2n) is 16.8. The molecule has 0 atom stereocenters. The second-order valence-corrected chi connectivity index (χ2v) is 17.9. The highest BCUT2D eigenvalue weighted by atomic mass is 32.1. The molecule has 0 unspecified atom stereocenters. The highest BCUT2D eigenvalue weighted by Crippen LogP contribution is 2.46. The fraction of sp³-hybridized carbons (Fsp3) is 0.0508. The summed E-state index contributed by atoms with van der Waals surface area (Å²) in [5, 5.41) is 10.1. The van der Waals surface area contributed by atoms with Gasteiger partial charge in [0, 0.05) is 59.1 Å². The van der Waals surface area contributed by atoms with Gasteiger partial charge in [-0.2, -0.15) is 0 Å². The summed E-state index contributed by atoms with van der Waals surface area (Å²) in [6.45, 7) is 6.55. The molecule has 294 valence electrons. The van der Waals surface area contributed by atoms with E-state index < -0.39 is 0 Å². The number of para-hydroxylation sites is 1. The molecular weight excluding hydrogens is 769 g/mol. The average Bonchev–Trinajstić information content (AvgIpc) is 3.83. The predicted molar refractivity (Wildman–Crippen MR) is 268 cm³/mol. The molecular formula is C59H42N2S. The number of fused-ring (bicyclic) bond motifs is 9. The average molecular weight is 811 g/mol. The van der Waals surface area contributed by atoms with E-state index in [0.717, 1.165) is 28.3 Å². The first-order valence-corrected chi connectivity index (χ1v) is 22.2. The number of benzene rings is 10. The summed E-state index contributed by atoms with van der Waals surface area (Å²) in [7, 11) is 0. The van der Waals surface area contributed by atoms with Crippen molar-refractivity contribution in [2.24, 2.45) is 0 Å². The number of aromatic nitrogens is 1. The molecule has 12 rings (SSSR count). The summed E-state index contributed by atoms with van der Waals surface area (Å²) >= 11 is 1.89. The van der Waals surface area contributed by atoms with Gasteiger partial charge in [0.15, 0.2) is 0 Å². The number of thiophene rings is 1. The van der Waals surface area contributed by atoms with Crippen molar-refractivity contribution in [1.29, 1.82) is 0 Å². The van der Waals surface area contributed by atoms with Crippen LogP contribution in [0.1, 0.15) is 16.7 Å². The first-order valence-electron chi connectivity index (χ1n) is 21.4. The molecule has 3 heteroatoms. The molecule has 10 aromatic carbocycles. The third-order valence-electron chi connectivity index (χ3n) is 12.6. The van der Waals surface area contributed by atoms with E-state index in [0.29, 0.717) is 0 Å². The molecule has 0 saturated carbocycles. The van der Waals surface area contributed by atoms with Crippen LogP contribution in [0.2, 0.25) is 0 Å². The monoisotopic (exact) mass is 810 g/mol. The standard InChI is InChI=1S/C59H42N2S/c1-37-21-24-46(25-22-37)60(47-28-38(2)27-39(3)29-47)48-31-43(30-44(32-48)53-36-55-51-18-11-12-20-58(51)62-59(55)52-19-10-9-17-49(52)53)42-23-26-50-54-33-40-13-7-8-14-41(40)34-57(54)61(56(50)35-42)45-15-5-4-6-16-45/h4-36H,1-3H3. The Morgan fingerprint density at radius 3 is 1.81 bits per heavy atom. The number of rotatable bonds is 6. The number of nitrogens with zero attached hydrogens (tertiary/aromatic N) is 2. The highest BCUT2D eigenvalue weighted by molar-refractivity contribution is 7.26. The van der Waals surface area contributed by atoms with Crippen molar-refractivity contribution >= 4 is 91.9 Å². The van der Waals surface area contributed by atoms with Gasteiger partial charge >= 0.3 is 0 Å². The van der Waals surface area contributed by atoms with Gasteiger partial charge in [-0.3, -0.25) is 0 Å². The number of anilines is 3. The van der Waals surface area contributed by atoms with E-state index in [1.165, 1.54) is 96.9 Å². The van der Waals surface area contributed by atoms with Crippen LogP contribution in [0.4, 0.5) is 17.1 Å². The molecule has 0 amide bonds. The maximum Gasteiger partial charge on any atom is 0.0547 e. The summed E-state index contributed by atoms with van der Waals surface area (Å²) in [5.41, 5.74) is 15.4. The van der Waals surface area contributed by atoms with Crippen molar-refractivity contribution in [1.82, 2.24) is 4.57 Å². The fourth-order valence-corrected chi connectivity index (χ4v) is 11.0. The van der Waals surface area contributed by atoms with Gasteiger partial charge in [0.2, 0.25) is 0 Å². The number of hydrogen-bond acceptors (Lipinski definition) is 2. The molecule has 0 saturated heterocycles. The van der Waals surface area contributed by atoms with Gasteiger partial charge in [-0.25, -0.2) is 0 Å². The molecule has 2 nitrogen and oxygen atoms in total. The van der Waals surface area contributed by atoms with Crippen LogP contribution < -0.4 is 4.90 Å². The lowest BCUT2D eigenvalue weighted by molar-refractivity contribution is 1.18. The van der Waals surface area contributed by atoms with Gasteiger partial charge in [0.25, 0.3) is 0 Å². The van der Waals surface area contributed by atoms with Crippen LogP contribution in [0.3, 0.4) is 0 Å². The Kier molecular flexibility index (Phi) is 8.41. The van der Waals surface area contributed by atoms with Crippen molar-refractivity contribution < 1.29 is 0 Å². The number of hydrogen-bond donors (Lipinski definition) is 0. The summed E-state index contributed by atoms with van der Waals surface area (Å²) in [6.07, 6.45) is 0. The zero-order valence-corrected chi connectivity index (χ0v) is 35.7. The van der Waals surface area contributed by atoms with Gasteiger partial charge in [-0.15, -0.1) is 11.3 Å². The van der Waals surface area contributed by atoms with Gasteiger partial charge in [-0.05, 0) is 155 Å². The summed E-state index contributed by atoms with van der Waals surface area (Å²) in [6, 6.07) is 74.7. The highest BCUT2D eigenvalue weighted by Gasteiger charge is 2.21. The molecule has 62 heavy (non-hydrogen) atoms. The van der Waals surface area contributed by atoms with E-state index in [-0.39, 0.29) is 0 Å². The molecule has 0 fully saturated rings. The Labute approximate surface area is 365 Å². The molecule has 0 radical (unpaired) electrons. The van der Waals surface area contributed by atoms with Crippen molar-refractivity contribution in [3.05, 3.63) is 217 Å². The zero-order chi connectivity index (χ0) is 41.5. The van der Waals surface area contributed by atoms with Crippen LogP contribution in [-0.4, -0.2) is 4.57 Å². The van der Waals surface area contributed by atoms with Gasteiger partial charge in [0.05, 0.1) is 11.0 Å². The Morgan fingerprint density at radius 2 is 1.02 bits per heavy atom. The first-order chi connectivity index (χ1) is 30.4. The Morgan fingerprint density at radius 1 is 0.371 bits per heavy atom. The molecule has 0 aliphatic rings. The predicted octanol–water partition coefficient (Wildman–Crippen LogP) is 17.2. The lowest BCUT2D eigenvalue weighted by atomic mass is 9.92. The van der Waals surface area contributed by atoms with E-state index in [1.54, 1.807) is 0 Å². The van der Waals surface area contributed by atoms with E-state index in [4.69, 9.17) is 0 Å². The summed E-state index contributed by atoms with van der Waals surface area (Å²) < 4.78 is 5.10. The normalized spacial score (nSPS) is 11.8. The second kappa shape index (κ2) is 14.3. The molecule has 0 aliphatic carbocycles. The molecule has 0 N–H and O–H groups in total. The third-order valence-corrected chi connectivity index (χ3v) is 13.8. The smallest absolute Gasteiger partial charge is 0.0547 e. The van der Waals surface area contributed by atoms with Crippen LogP contribution in [0, 0.1) is 20.8 Å². The zero-order valence-electron chi connectivity index (χ0n) is 34.9. The summed E-state index contributed by atoms with van der Waals surface area (Å²) in [4.78, 5) is 2.44. The molecule has 12 aromatic rings. The third kappa shape index (κ3) is 6.00. The lowest BCUT2D eigenvalue weighted by Gasteiger charge is -2.28. The van der Waals surface area contributed by atoms with Crippen molar-refractivity contribution in [3.8, 4) is 27.9 Å². The Hall–Kier alpha value is -7.46. The number of aryl methyl sites for hydroxylation is 3. The minimum atomic E-state index is 1.11. The van der Waals surface area contributed by atoms with Gasteiger partial charge in [-0.1, -0.05) is 121 Å². The minimum absolute atomic E-state index is 1.11. The van der Waals surface area contributed by atoms with E-state index >= 15 is 0 Å². The Balaban J connectivity index is 1.17. The lowest BCUT2D eigenvalue weighted by Crippen LogP contribution is -2.11. The van der Waals surface area contributed by atoms with Gasteiger partial charge in [0.1, 0.15) is 0 Å². The molecule has 0 aliphatic heterocycles.